The second kappa shape index (κ2) is 4.28. The molecule has 3 rings (SSSR count). The van der Waals surface area contributed by atoms with Gasteiger partial charge in [-0.05, 0) is 31.9 Å². The molecule has 0 spiro atoms. The van der Waals surface area contributed by atoms with Crippen LogP contribution in [0.2, 0.25) is 0 Å². The molecule has 1 N–H and O–H groups in total. The summed E-state index contributed by atoms with van der Waals surface area (Å²) in [7, 11) is 0. The van der Waals surface area contributed by atoms with Crippen molar-refractivity contribution in [2.45, 2.75) is 37.3 Å². The topological polar surface area (TPSA) is 23.5 Å². The van der Waals surface area contributed by atoms with Gasteiger partial charge in [-0.1, -0.05) is 12.5 Å². The smallest absolute Gasteiger partial charge is 0.132 e. The van der Waals surface area contributed by atoms with Crippen molar-refractivity contribution in [1.29, 1.82) is 0 Å². The molecule has 0 amide bonds. The van der Waals surface area contributed by atoms with Gasteiger partial charge in [-0.25, -0.2) is 8.78 Å². The SMILES string of the molecule is OC1(c2ccc(F)cc2F)CCN2CCCCC21. The lowest BCUT2D eigenvalue weighted by atomic mass is 9.82. The molecule has 0 radical (unpaired) electrons. The molecule has 0 aliphatic carbocycles. The predicted molar refractivity (Wildman–Crippen MR) is 64.1 cm³/mol. The second-order valence-corrected chi connectivity index (χ2v) is 5.35. The van der Waals surface area contributed by atoms with E-state index >= 15 is 0 Å². The molecule has 1 aromatic rings. The van der Waals surface area contributed by atoms with Crippen LogP contribution in [-0.2, 0) is 5.60 Å². The fourth-order valence-corrected chi connectivity index (χ4v) is 3.43. The Kier molecular flexibility index (Phi) is 2.87. The lowest BCUT2D eigenvalue weighted by Gasteiger charge is -2.37. The number of fused-ring (bicyclic) bond motifs is 1. The molecule has 4 heteroatoms. The third-order valence-corrected chi connectivity index (χ3v) is 4.34. The zero-order valence-corrected chi connectivity index (χ0v) is 10.2. The molecule has 1 aromatic carbocycles. The van der Waals surface area contributed by atoms with Crippen LogP contribution in [0.25, 0.3) is 0 Å². The van der Waals surface area contributed by atoms with E-state index in [-0.39, 0.29) is 11.6 Å². The zero-order valence-electron chi connectivity index (χ0n) is 10.2. The van der Waals surface area contributed by atoms with Gasteiger partial charge < -0.3 is 5.11 Å². The van der Waals surface area contributed by atoms with E-state index in [1.54, 1.807) is 0 Å². The van der Waals surface area contributed by atoms with Gasteiger partial charge in [-0.2, -0.15) is 0 Å². The number of rotatable bonds is 1. The van der Waals surface area contributed by atoms with Crippen molar-refractivity contribution in [3.05, 3.63) is 35.4 Å². The molecule has 2 saturated heterocycles. The van der Waals surface area contributed by atoms with E-state index in [4.69, 9.17) is 0 Å². The van der Waals surface area contributed by atoms with Gasteiger partial charge >= 0.3 is 0 Å². The Labute approximate surface area is 105 Å². The highest BCUT2D eigenvalue weighted by Crippen LogP contribution is 2.42. The lowest BCUT2D eigenvalue weighted by molar-refractivity contribution is -0.0165. The minimum absolute atomic E-state index is 0.0220. The maximum atomic E-state index is 13.9. The summed E-state index contributed by atoms with van der Waals surface area (Å²) in [6.45, 7) is 1.76. The highest BCUT2D eigenvalue weighted by atomic mass is 19.1. The summed E-state index contributed by atoms with van der Waals surface area (Å²) in [6.07, 6.45) is 3.61. The van der Waals surface area contributed by atoms with E-state index in [9.17, 15) is 13.9 Å². The Morgan fingerprint density at radius 2 is 2.06 bits per heavy atom. The highest BCUT2D eigenvalue weighted by molar-refractivity contribution is 5.29. The Morgan fingerprint density at radius 1 is 1.22 bits per heavy atom. The normalized spacial score (nSPS) is 32.5. The molecule has 0 bridgehead atoms. The van der Waals surface area contributed by atoms with E-state index < -0.39 is 17.2 Å². The van der Waals surface area contributed by atoms with Crippen molar-refractivity contribution < 1.29 is 13.9 Å². The number of hydrogen-bond donors (Lipinski definition) is 1. The van der Waals surface area contributed by atoms with Gasteiger partial charge in [0, 0.05) is 24.2 Å². The molecule has 2 unspecified atom stereocenters. The first-order chi connectivity index (χ1) is 8.61. The van der Waals surface area contributed by atoms with Gasteiger partial charge in [0.25, 0.3) is 0 Å². The maximum absolute atomic E-state index is 13.9. The van der Waals surface area contributed by atoms with Crippen LogP contribution < -0.4 is 0 Å². The standard InChI is InChI=1S/C14H17F2NO/c15-10-4-5-11(12(16)9-10)14(18)6-8-17-7-2-1-3-13(14)17/h4-5,9,13,18H,1-3,6-8H2. The van der Waals surface area contributed by atoms with Crippen molar-refractivity contribution in [2.75, 3.05) is 13.1 Å². The number of piperidine rings is 1. The molecule has 2 heterocycles. The Morgan fingerprint density at radius 3 is 2.83 bits per heavy atom. The summed E-state index contributed by atoms with van der Waals surface area (Å²) in [5, 5.41) is 10.8. The van der Waals surface area contributed by atoms with Crippen LogP contribution in [0.15, 0.2) is 18.2 Å². The number of hydrogen-bond acceptors (Lipinski definition) is 2. The van der Waals surface area contributed by atoms with Crippen molar-refractivity contribution in [2.24, 2.45) is 0 Å². The minimum atomic E-state index is -1.15. The van der Waals surface area contributed by atoms with Crippen LogP contribution in [0.1, 0.15) is 31.2 Å². The van der Waals surface area contributed by atoms with Gasteiger partial charge in [0.05, 0.1) is 0 Å². The number of halogens is 2. The molecule has 2 aliphatic heterocycles. The van der Waals surface area contributed by atoms with Gasteiger partial charge in [0.1, 0.15) is 17.2 Å². The third-order valence-electron chi connectivity index (χ3n) is 4.34. The number of benzene rings is 1. The average molecular weight is 253 g/mol. The highest BCUT2D eigenvalue weighted by Gasteiger charge is 2.48. The largest absolute Gasteiger partial charge is 0.383 e. The second-order valence-electron chi connectivity index (χ2n) is 5.35. The van der Waals surface area contributed by atoms with E-state index in [1.807, 2.05) is 0 Å². The third kappa shape index (κ3) is 1.75. The minimum Gasteiger partial charge on any atom is -0.383 e. The summed E-state index contributed by atoms with van der Waals surface area (Å²) in [5.41, 5.74) is -0.906. The molecule has 2 fully saturated rings. The van der Waals surface area contributed by atoms with E-state index in [2.05, 4.69) is 4.90 Å². The lowest BCUT2D eigenvalue weighted by Crippen LogP contribution is -2.45. The van der Waals surface area contributed by atoms with Crippen molar-refractivity contribution >= 4 is 0 Å². The number of aliphatic hydroxyl groups is 1. The summed E-state index contributed by atoms with van der Waals surface area (Å²) >= 11 is 0. The molecule has 2 atom stereocenters. The molecule has 18 heavy (non-hydrogen) atoms. The Hall–Kier alpha value is -1.00. The van der Waals surface area contributed by atoms with Crippen LogP contribution in [-0.4, -0.2) is 29.1 Å². The summed E-state index contributed by atoms with van der Waals surface area (Å²) in [4.78, 5) is 2.23. The van der Waals surface area contributed by atoms with Gasteiger partial charge in [-0.3, -0.25) is 4.90 Å². The summed E-state index contributed by atoms with van der Waals surface area (Å²) in [6, 6.07) is 3.45. The van der Waals surface area contributed by atoms with Gasteiger partial charge in [0.15, 0.2) is 0 Å². The molecular weight excluding hydrogens is 236 g/mol. The van der Waals surface area contributed by atoms with E-state index in [0.29, 0.717) is 6.42 Å². The van der Waals surface area contributed by atoms with Crippen molar-refractivity contribution in [3.63, 3.8) is 0 Å². The number of nitrogens with zero attached hydrogens (tertiary/aromatic N) is 1. The van der Waals surface area contributed by atoms with E-state index in [1.165, 1.54) is 12.1 Å². The summed E-state index contributed by atoms with van der Waals surface area (Å²) in [5.74, 6) is -1.23. The predicted octanol–water partition coefficient (Wildman–Crippen LogP) is 2.41. The van der Waals surface area contributed by atoms with Gasteiger partial charge in [-0.15, -0.1) is 0 Å². The van der Waals surface area contributed by atoms with Crippen LogP contribution in [0.4, 0.5) is 8.78 Å². The Balaban J connectivity index is 1.99. The average Bonchev–Trinajstić information content (AvgIpc) is 2.69. The Bertz CT molecular complexity index is 465. The zero-order chi connectivity index (χ0) is 12.8. The first kappa shape index (κ1) is 12.1. The molecule has 2 nitrogen and oxygen atoms in total. The van der Waals surface area contributed by atoms with Crippen molar-refractivity contribution in [3.8, 4) is 0 Å². The fraction of sp³-hybridized carbons (Fsp3) is 0.571. The van der Waals surface area contributed by atoms with Crippen LogP contribution in [0.5, 0.6) is 0 Å². The molecule has 2 aliphatic rings. The van der Waals surface area contributed by atoms with Crippen molar-refractivity contribution in [1.82, 2.24) is 4.90 Å². The van der Waals surface area contributed by atoms with E-state index in [0.717, 1.165) is 38.4 Å². The maximum Gasteiger partial charge on any atom is 0.132 e. The van der Waals surface area contributed by atoms with Crippen LogP contribution in [0, 0.1) is 11.6 Å². The summed E-state index contributed by atoms with van der Waals surface area (Å²) < 4.78 is 26.8. The van der Waals surface area contributed by atoms with Gasteiger partial charge in [0.2, 0.25) is 0 Å². The quantitative estimate of drug-likeness (QED) is 0.830. The molecule has 0 saturated carbocycles. The first-order valence-electron chi connectivity index (χ1n) is 6.53. The first-order valence-corrected chi connectivity index (χ1v) is 6.53. The van der Waals surface area contributed by atoms with Crippen LogP contribution >= 0.6 is 0 Å². The monoisotopic (exact) mass is 253 g/mol. The molecule has 98 valence electrons. The molecule has 0 aromatic heterocycles. The fourth-order valence-electron chi connectivity index (χ4n) is 3.43. The molecular formula is C14H17F2NO. The van der Waals surface area contributed by atoms with Crippen LogP contribution in [0.3, 0.4) is 0 Å².